The number of rotatable bonds is 6. The van der Waals surface area contributed by atoms with E-state index in [0.29, 0.717) is 6.54 Å². The van der Waals surface area contributed by atoms with Crippen molar-refractivity contribution >= 4 is 5.91 Å². The van der Waals surface area contributed by atoms with Gasteiger partial charge in [0.25, 0.3) is 0 Å². The van der Waals surface area contributed by atoms with E-state index in [1.54, 1.807) is 6.92 Å². The van der Waals surface area contributed by atoms with Gasteiger partial charge in [-0.05, 0) is 48.7 Å². The molecule has 4 N–H and O–H groups in total. The van der Waals surface area contributed by atoms with E-state index in [9.17, 15) is 9.90 Å². The van der Waals surface area contributed by atoms with Crippen LogP contribution in [0.2, 0.25) is 0 Å². The normalized spacial score (nSPS) is 16.6. The molecule has 0 aliphatic carbocycles. The third-order valence-electron chi connectivity index (χ3n) is 3.47. The number of nitrogens with two attached hydrogens (primary N) is 1. The summed E-state index contributed by atoms with van der Waals surface area (Å²) in [4.78, 5) is 14.0. The van der Waals surface area contributed by atoms with Gasteiger partial charge in [0.2, 0.25) is 5.91 Å². The van der Waals surface area contributed by atoms with Crippen LogP contribution in [0.15, 0.2) is 0 Å². The van der Waals surface area contributed by atoms with Crippen molar-refractivity contribution in [3.8, 4) is 0 Å². The zero-order valence-corrected chi connectivity index (χ0v) is 12.8. The number of likely N-dealkylation sites (N-methyl/N-ethyl adjacent to an activating group) is 1. The van der Waals surface area contributed by atoms with Crippen molar-refractivity contribution < 1.29 is 9.90 Å². The number of amides is 1. The van der Waals surface area contributed by atoms with Gasteiger partial charge < -0.3 is 21.1 Å². The first-order valence-electron chi connectivity index (χ1n) is 6.24. The molecular formula is C13H29N3O2. The summed E-state index contributed by atoms with van der Waals surface area (Å²) in [7, 11) is 3.76. The first kappa shape index (κ1) is 17.4. The Balaban J connectivity index is 4.52. The highest BCUT2D eigenvalue weighted by Gasteiger charge is 2.40. The quantitative estimate of drug-likeness (QED) is 0.636. The average Bonchev–Trinajstić information content (AvgIpc) is 2.10. The van der Waals surface area contributed by atoms with Crippen LogP contribution in [0.3, 0.4) is 0 Å². The fraction of sp³-hybridized carbons (Fsp3) is 0.923. The summed E-state index contributed by atoms with van der Waals surface area (Å²) in [6.07, 6.45) is 0. The molecule has 0 rings (SSSR count). The summed E-state index contributed by atoms with van der Waals surface area (Å²) in [5, 5.41) is 12.9. The minimum Gasteiger partial charge on any atom is -0.387 e. The van der Waals surface area contributed by atoms with Crippen LogP contribution in [0.1, 0.15) is 34.6 Å². The summed E-state index contributed by atoms with van der Waals surface area (Å²) >= 11 is 0. The Hall–Kier alpha value is -0.650. The highest BCUT2D eigenvalue weighted by atomic mass is 16.3. The summed E-state index contributed by atoms with van der Waals surface area (Å²) in [6, 6.07) is 0. The lowest BCUT2D eigenvalue weighted by atomic mass is 9.74. The predicted molar refractivity (Wildman–Crippen MR) is 74.2 cm³/mol. The predicted octanol–water partition coefficient (Wildman–Crippen LogP) is 0.179. The lowest BCUT2D eigenvalue weighted by Crippen LogP contribution is -2.57. The molecule has 1 amide bonds. The topological polar surface area (TPSA) is 78.6 Å². The maximum Gasteiger partial charge on any atom is 0.227 e. The van der Waals surface area contributed by atoms with Gasteiger partial charge >= 0.3 is 0 Å². The van der Waals surface area contributed by atoms with Crippen LogP contribution >= 0.6 is 0 Å². The average molecular weight is 259 g/mol. The second-order valence-electron chi connectivity index (χ2n) is 6.76. The number of nitrogens with zero attached hydrogens (tertiary/aromatic N) is 1. The Bertz CT molecular complexity index is 291. The molecule has 0 bridgehead atoms. The molecule has 0 aliphatic heterocycles. The second kappa shape index (κ2) is 5.55. The lowest BCUT2D eigenvalue weighted by molar-refractivity contribution is -0.133. The van der Waals surface area contributed by atoms with Gasteiger partial charge in [-0.15, -0.1) is 0 Å². The van der Waals surface area contributed by atoms with Crippen LogP contribution in [-0.4, -0.2) is 54.2 Å². The van der Waals surface area contributed by atoms with Gasteiger partial charge in [0.05, 0.1) is 11.0 Å². The summed E-state index contributed by atoms with van der Waals surface area (Å²) < 4.78 is 0. The monoisotopic (exact) mass is 259 g/mol. The van der Waals surface area contributed by atoms with Gasteiger partial charge in [0.1, 0.15) is 0 Å². The van der Waals surface area contributed by atoms with Crippen molar-refractivity contribution in [2.75, 3.05) is 27.2 Å². The molecule has 108 valence electrons. The maximum atomic E-state index is 12.1. The van der Waals surface area contributed by atoms with Crippen LogP contribution in [0, 0.1) is 5.41 Å². The van der Waals surface area contributed by atoms with Crippen molar-refractivity contribution in [3.63, 3.8) is 0 Å². The van der Waals surface area contributed by atoms with Gasteiger partial charge in [-0.1, -0.05) is 0 Å². The molecule has 0 aromatic carbocycles. The third kappa shape index (κ3) is 4.92. The Morgan fingerprint density at radius 2 is 1.67 bits per heavy atom. The van der Waals surface area contributed by atoms with Crippen LogP contribution in [0.4, 0.5) is 0 Å². The molecule has 1 unspecified atom stereocenters. The molecular weight excluding hydrogens is 230 g/mol. The number of carbonyl (C=O) groups excluding carboxylic acids is 1. The van der Waals surface area contributed by atoms with Gasteiger partial charge in [-0.3, -0.25) is 4.79 Å². The minimum atomic E-state index is -0.950. The summed E-state index contributed by atoms with van der Waals surface area (Å²) in [6.45, 7) is 9.66. The number of hydrogen-bond donors (Lipinski definition) is 3. The molecule has 5 nitrogen and oxygen atoms in total. The standard InChI is InChI=1S/C13H29N3O2/c1-11(2,12(3,4)14)10(17)15-8-13(5,18)9-16(6)7/h18H,8-9,14H2,1-7H3,(H,15,17). The molecule has 0 heterocycles. The Kier molecular flexibility index (Phi) is 5.35. The van der Waals surface area contributed by atoms with Gasteiger partial charge in [0, 0.05) is 18.6 Å². The molecule has 18 heavy (non-hydrogen) atoms. The van der Waals surface area contributed by atoms with E-state index in [2.05, 4.69) is 5.32 Å². The fourth-order valence-corrected chi connectivity index (χ4v) is 1.52. The van der Waals surface area contributed by atoms with E-state index in [4.69, 9.17) is 5.73 Å². The van der Waals surface area contributed by atoms with Gasteiger partial charge in [0.15, 0.2) is 0 Å². The first-order chi connectivity index (χ1) is 7.79. The zero-order chi connectivity index (χ0) is 14.8. The molecule has 0 aromatic rings. The summed E-state index contributed by atoms with van der Waals surface area (Å²) in [5.41, 5.74) is 3.74. The largest absolute Gasteiger partial charge is 0.387 e. The van der Waals surface area contributed by atoms with Gasteiger partial charge in [-0.25, -0.2) is 0 Å². The van der Waals surface area contributed by atoms with E-state index < -0.39 is 16.6 Å². The minimum absolute atomic E-state index is 0.144. The third-order valence-corrected chi connectivity index (χ3v) is 3.47. The number of aliphatic hydroxyl groups is 1. The van der Waals surface area contributed by atoms with Crippen molar-refractivity contribution in [2.24, 2.45) is 11.1 Å². The molecule has 0 radical (unpaired) electrons. The van der Waals surface area contributed by atoms with Crippen molar-refractivity contribution in [1.82, 2.24) is 10.2 Å². The van der Waals surface area contributed by atoms with E-state index in [-0.39, 0.29) is 12.5 Å². The molecule has 0 fully saturated rings. The molecule has 0 spiro atoms. The Morgan fingerprint density at radius 1 is 1.22 bits per heavy atom. The van der Waals surface area contributed by atoms with Crippen LogP contribution in [0.5, 0.6) is 0 Å². The van der Waals surface area contributed by atoms with E-state index >= 15 is 0 Å². The second-order valence-corrected chi connectivity index (χ2v) is 6.76. The molecule has 0 saturated heterocycles. The number of carbonyl (C=O) groups is 1. The fourth-order valence-electron chi connectivity index (χ4n) is 1.52. The van der Waals surface area contributed by atoms with Gasteiger partial charge in [-0.2, -0.15) is 0 Å². The Morgan fingerprint density at radius 3 is 2.00 bits per heavy atom. The van der Waals surface area contributed by atoms with E-state index in [1.165, 1.54) is 0 Å². The van der Waals surface area contributed by atoms with Crippen molar-refractivity contribution in [1.29, 1.82) is 0 Å². The first-order valence-corrected chi connectivity index (χ1v) is 6.24. The lowest BCUT2D eigenvalue weighted by Gasteiger charge is -2.38. The molecule has 0 aliphatic rings. The van der Waals surface area contributed by atoms with Crippen LogP contribution in [0.25, 0.3) is 0 Å². The maximum absolute atomic E-state index is 12.1. The Labute approximate surface area is 111 Å². The van der Waals surface area contributed by atoms with Crippen LogP contribution < -0.4 is 11.1 Å². The number of nitrogens with one attached hydrogen (secondary N) is 1. The van der Waals surface area contributed by atoms with Crippen LogP contribution in [-0.2, 0) is 4.79 Å². The van der Waals surface area contributed by atoms with E-state index in [0.717, 1.165) is 0 Å². The SMILES string of the molecule is CN(C)CC(C)(O)CNC(=O)C(C)(C)C(C)(C)N. The van der Waals surface area contributed by atoms with Crippen molar-refractivity contribution in [2.45, 2.75) is 45.8 Å². The van der Waals surface area contributed by atoms with Crippen molar-refractivity contribution in [3.05, 3.63) is 0 Å². The molecule has 0 aromatic heterocycles. The highest BCUT2D eigenvalue weighted by molar-refractivity contribution is 5.83. The molecule has 1 atom stereocenters. The van der Waals surface area contributed by atoms with E-state index in [1.807, 2.05) is 46.7 Å². The molecule has 0 saturated carbocycles. The smallest absolute Gasteiger partial charge is 0.227 e. The molecule has 5 heteroatoms. The zero-order valence-electron chi connectivity index (χ0n) is 12.8. The summed E-state index contributed by atoms with van der Waals surface area (Å²) in [5.74, 6) is -0.144. The highest BCUT2D eigenvalue weighted by Crippen LogP contribution is 2.28. The number of hydrogen-bond acceptors (Lipinski definition) is 4.